The van der Waals surface area contributed by atoms with E-state index in [2.05, 4.69) is 28.9 Å². The predicted octanol–water partition coefficient (Wildman–Crippen LogP) is 2.14. The fourth-order valence-electron chi connectivity index (χ4n) is 3.33. The Morgan fingerprint density at radius 3 is 2.70 bits per heavy atom. The summed E-state index contributed by atoms with van der Waals surface area (Å²) in [6.45, 7) is 9.45. The molecule has 0 amide bonds. The van der Waals surface area contributed by atoms with Crippen molar-refractivity contribution >= 4 is 0 Å². The normalized spacial score (nSPS) is 25.9. The van der Waals surface area contributed by atoms with Crippen LogP contribution >= 0.6 is 0 Å². The van der Waals surface area contributed by atoms with E-state index in [9.17, 15) is 0 Å². The van der Waals surface area contributed by atoms with Crippen LogP contribution in [0.25, 0.3) is 0 Å². The van der Waals surface area contributed by atoms with Crippen molar-refractivity contribution in [2.75, 3.05) is 39.4 Å². The fraction of sp³-hybridized carbons (Fsp3) is 0.750. The standard InChI is InChI=1S/C16H26N2O2/c1-2-15-5-6-16(20-15)13-17-7-3-4-14(12-17)18-8-10-19-11-9-18/h5-6,14H,2-4,7-13H2,1H3. The molecule has 2 aliphatic rings. The van der Waals surface area contributed by atoms with E-state index in [-0.39, 0.29) is 0 Å². The zero-order valence-corrected chi connectivity index (χ0v) is 12.5. The number of morpholine rings is 1. The van der Waals surface area contributed by atoms with Gasteiger partial charge in [0.15, 0.2) is 0 Å². The highest BCUT2D eigenvalue weighted by Gasteiger charge is 2.26. The molecule has 4 heteroatoms. The Balaban J connectivity index is 1.54. The first-order valence-electron chi connectivity index (χ1n) is 7.97. The maximum atomic E-state index is 5.84. The largest absolute Gasteiger partial charge is 0.465 e. The lowest BCUT2D eigenvalue weighted by Crippen LogP contribution is -2.51. The fourth-order valence-corrected chi connectivity index (χ4v) is 3.33. The quantitative estimate of drug-likeness (QED) is 0.844. The van der Waals surface area contributed by atoms with Gasteiger partial charge in [-0.1, -0.05) is 6.92 Å². The molecule has 0 saturated carbocycles. The van der Waals surface area contributed by atoms with Crippen LogP contribution in [-0.2, 0) is 17.7 Å². The van der Waals surface area contributed by atoms with E-state index in [1.54, 1.807) is 0 Å². The summed E-state index contributed by atoms with van der Waals surface area (Å²) in [4.78, 5) is 5.15. The van der Waals surface area contributed by atoms with Gasteiger partial charge in [0, 0.05) is 32.1 Å². The molecular weight excluding hydrogens is 252 g/mol. The van der Waals surface area contributed by atoms with Gasteiger partial charge in [-0.3, -0.25) is 9.80 Å². The minimum atomic E-state index is 0.702. The van der Waals surface area contributed by atoms with Crippen molar-refractivity contribution in [2.24, 2.45) is 0 Å². The maximum Gasteiger partial charge on any atom is 0.118 e. The molecular formula is C16H26N2O2. The Kier molecular flexibility index (Phi) is 4.76. The van der Waals surface area contributed by atoms with Gasteiger partial charge in [0.1, 0.15) is 11.5 Å². The van der Waals surface area contributed by atoms with Gasteiger partial charge < -0.3 is 9.15 Å². The lowest BCUT2D eigenvalue weighted by Gasteiger charge is -2.40. The van der Waals surface area contributed by atoms with E-state index in [4.69, 9.17) is 9.15 Å². The second-order valence-corrected chi connectivity index (χ2v) is 5.90. The summed E-state index contributed by atoms with van der Waals surface area (Å²) in [6, 6.07) is 4.95. The topological polar surface area (TPSA) is 28.9 Å². The molecule has 4 nitrogen and oxygen atoms in total. The third-order valence-electron chi connectivity index (χ3n) is 4.49. The van der Waals surface area contributed by atoms with Crippen molar-refractivity contribution in [1.82, 2.24) is 9.80 Å². The van der Waals surface area contributed by atoms with Gasteiger partial charge in [0.25, 0.3) is 0 Å². The maximum absolute atomic E-state index is 5.84. The van der Waals surface area contributed by atoms with Gasteiger partial charge in [0.05, 0.1) is 19.8 Å². The van der Waals surface area contributed by atoms with Gasteiger partial charge >= 0.3 is 0 Å². The zero-order valence-electron chi connectivity index (χ0n) is 12.5. The Morgan fingerprint density at radius 1 is 1.15 bits per heavy atom. The van der Waals surface area contributed by atoms with Crippen molar-refractivity contribution in [2.45, 2.75) is 38.8 Å². The molecule has 0 N–H and O–H groups in total. The summed E-state index contributed by atoms with van der Waals surface area (Å²) in [5.41, 5.74) is 0. The predicted molar refractivity (Wildman–Crippen MR) is 78.8 cm³/mol. The molecule has 2 aliphatic heterocycles. The molecule has 1 unspecified atom stereocenters. The highest BCUT2D eigenvalue weighted by molar-refractivity contribution is 5.07. The second-order valence-electron chi connectivity index (χ2n) is 5.90. The molecule has 3 rings (SSSR count). The molecule has 0 radical (unpaired) electrons. The van der Waals surface area contributed by atoms with Gasteiger partial charge in [-0.15, -0.1) is 0 Å². The van der Waals surface area contributed by atoms with Crippen molar-refractivity contribution in [3.05, 3.63) is 23.7 Å². The van der Waals surface area contributed by atoms with E-state index in [0.717, 1.165) is 50.8 Å². The average Bonchev–Trinajstić information content (AvgIpc) is 2.96. The number of hydrogen-bond acceptors (Lipinski definition) is 4. The lowest BCUT2D eigenvalue weighted by molar-refractivity contribution is -0.00432. The van der Waals surface area contributed by atoms with E-state index < -0.39 is 0 Å². The Hall–Kier alpha value is -0.840. The number of furan rings is 1. The first kappa shape index (κ1) is 14.1. The van der Waals surface area contributed by atoms with Crippen LogP contribution in [0.5, 0.6) is 0 Å². The number of hydrogen-bond donors (Lipinski definition) is 0. The summed E-state index contributed by atoms with van der Waals surface area (Å²) in [5, 5.41) is 0. The van der Waals surface area contributed by atoms with Crippen LogP contribution in [0, 0.1) is 0 Å². The van der Waals surface area contributed by atoms with Crippen LogP contribution in [0.15, 0.2) is 16.5 Å². The monoisotopic (exact) mass is 278 g/mol. The number of piperidine rings is 1. The number of aryl methyl sites for hydroxylation is 1. The average molecular weight is 278 g/mol. The number of ether oxygens (including phenoxy) is 1. The van der Waals surface area contributed by atoms with Crippen LogP contribution in [-0.4, -0.2) is 55.2 Å². The third kappa shape index (κ3) is 3.43. The molecule has 0 aromatic carbocycles. The van der Waals surface area contributed by atoms with Gasteiger partial charge in [-0.2, -0.15) is 0 Å². The molecule has 0 spiro atoms. The van der Waals surface area contributed by atoms with Crippen molar-refractivity contribution < 1.29 is 9.15 Å². The Morgan fingerprint density at radius 2 is 1.95 bits per heavy atom. The molecule has 1 aromatic heterocycles. The third-order valence-corrected chi connectivity index (χ3v) is 4.49. The SMILES string of the molecule is CCc1ccc(CN2CCCC(N3CCOCC3)C2)o1. The summed E-state index contributed by atoms with van der Waals surface area (Å²) < 4.78 is 11.3. The van der Waals surface area contributed by atoms with Gasteiger partial charge in [-0.05, 0) is 31.5 Å². The van der Waals surface area contributed by atoms with Crippen LogP contribution < -0.4 is 0 Å². The minimum absolute atomic E-state index is 0.702. The van der Waals surface area contributed by atoms with Crippen molar-refractivity contribution in [1.29, 1.82) is 0 Å². The molecule has 0 aliphatic carbocycles. The Bertz CT molecular complexity index is 412. The molecule has 1 atom stereocenters. The van der Waals surface area contributed by atoms with Crippen LogP contribution in [0.1, 0.15) is 31.3 Å². The summed E-state index contributed by atoms with van der Waals surface area (Å²) in [5.74, 6) is 2.21. The smallest absolute Gasteiger partial charge is 0.118 e. The van der Waals surface area contributed by atoms with Gasteiger partial charge in [-0.25, -0.2) is 0 Å². The number of rotatable bonds is 4. The van der Waals surface area contributed by atoms with Crippen LogP contribution in [0.3, 0.4) is 0 Å². The molecule has 0 bridgehead atoms. The van der Waals surface area contributed by atoms with Crippen LogP contribution in [0.4, 0.5) is 0 Å². The van der Waals surface area contributed by atoms with E-state index in [1.807, 2.05) is 0 Å². The van der Waals surface area contributed by atoms with E-state index in [0.29, 0.717) is 6.04 Å². The molecule has 112 valence electrons. The highest BCUT2D eigenvalue weighted by Crippen LogP contribution is 2.20. The second kappa shape index (κ2) is 6.74. The number of nitrogens with zero attached hydrogens (tertiary/aromatic N) is 2. The van der Waals surface area contributed by atoms with Crippen LogP contribution in [0.2, 0.25) is 0 Å². The van der Waals surface area contributed by atoms with E-state index >= 15 is 0 Å². The highest BCUT2D eigenvalue weighted by atomic mass is 16.5. The first-order chi connectivity index (χ1) is 9.85. The zero-order chi connectivity index (χ0) is 13.8. The Labute approximate surface area is 121 Å². The first-order valence-corrected chi connectivity index (χ1v) is 7.97. The number of likely N-dealkylation sites (tertiary alicyclic amines) is 1. The minimum Gasteiger partial charge on any atom is -0.465 e. The van der Waals surface area contributed by atoms with Gasteiger partial charge in [0.2, 0.25) is 0 Å². The van der Waals surface area contributed by atoms with E-state index in [1.165, 1.54) is 25.9 Å². The molecule has 2 fully saturated rings. The van der Waals surface area contributed by atoms with Crippen molar-refractivity contribution in [3.63, 3.8) is 0 Å². The molecule has 1 aromatic rings. The summed E-state index contributed by atoms with van der Waals surface area (Å²) in [7, 11) is 0. The lowest BCUT2D eigenvalue weighted by atomic mass is 10.0. The summed E-state index contributed by atoms with van der Waals surface area (Å²) in [6.07, 6.45) is 3.61. The molecule has 2 saturated heterocycles. The summed E-state index contributed by atoms with van der Waals surface area (Å²) >= 11 is 0. The molecule has 20 heavy (non-hydrogen) atoms. The van der Waals surface area contributed by atoms with Crippen molar-refractivity contribution in [3.8, 4) is 0 Å². The molecule has 3 heterocycles.